The van der Waals surface area contributed by atoms with Crippen LogP contribution < -0.4 is 5.11 Å². The van der Waals surface area contributed by atoms with Gasteiger partial charge in [0, 0.05) is 12.4 Å². The van der Waals surface area contributed by atoms with Gasteiger partial charge in [0.15, 0.2) is 0 Å². The van der Waals surface area contributed by atoms with E-state index in [-0.39, 0.29) is 16.9 Å². The van der Waals surface area contributed by atoms with Crippen molar-refractivity contribution in [3.63, 3.8) is 0 Å². The highest BCUT2D eigenvalue weighted by atomic mass is 16.4. The van der Waals surface area contributed by atoms with Crippen LogP contribution in [0, 0.1) is 11.8 Å². The standard InChI is InChI=1S/C12H23NO5/c1-8(2)10(11(16)17)12(18,6-9(14)15)7-13(3,4)5/h8,10,18H,6-7H2,1-5H3,(H-,14,15,16,17). The predicted octanol–water partition coefficient (Wildman–Crippen LogP) is -1.08. The minimum absolute atomic E-state index is 0.0239. The third-order valence-corrected chi connectivity index (χ3v) is 2.71. The summed E-state index contributed by atoms with van der Waals surface area (Å²) in [6.07, 6.45) is -0.683. The second-order valence-electron chi connectivity index (χ2n) is 6.16. The molecule has 2 unspecified atom stereocenters. The lowest BCUT2D eigenvalue weighted by Gasteiger charge is -2.40. The van der Waals surface area contributed by atoms with Crippen molar-refractivity contribution in [2.24, 2.45) is 11.8 Å². The second kappa shape index (κ2) is 5.67. The molecule has 0 aliphatic heterocycles. The van der Waals surface area contributed by atoms with Crippen LogP contribution in [0.15, 0.2) is 0 Å². The number of likely N-dealkylation sites (N-methyl/N-ethyl adjacent to an activating group) is 1. The molecule has 0 aliphatic rings. The van der Waals surface area contributed by atoms with E-state index >= 15 is 0 Å². The summed E-state index contributed by atoms with van der Waals surface area (Å²) < 4.78 is 0.264. The Kier molecular flexibility index (Phi) is 5.31. The van der Waals surface area contributed by atoms with Gasteiger partial charge in [-0.1, -0.05) is 13.8 Å². The molecule has 0 aromatic rings. The number of carboxylic acids is 2. The molecule has 106 valence electrons. The SMILES string of the molecule is CC(C)C(C(=O)O)C(O)(CC(=O)[O-])C[N+](C)(C)C. The normalized spacial score (nSPS) is 17.3. The van der Waals surface area contributed by atoms with Gasteiger partial charge in [-0.3, -0.25) is 4.79 Å². The summed E-state index contributed by atoms with van der Waals surface area (Å²) in [6, 6.07) is 0. The van der Waals surface area contributed by atoms with E-state index in [0.29, 0.717) is 0 Å². The molecule has 0 spiro atoms. The summed E-state index contributed by atoms with van der Waals surface area (Å²) in [5.74, 6) is -4.16. The van der Waals surface area contributed by atoms with Crippen LogP contribution in [0.2, 0.25) is 0 Å². The van der Waals surface area contributed by atoms with Crippen LogP contribution in [0.3, 0.4) is 0 Å². The zero-order chi connectivity index (χ0) is 14.7. The van der Waals surface area contributed by atoms with Gasteiger partial charge in [0.05, 0.1) is 27.1 Å². The van der Waals surface area contributed by atoms with E-state index < -0.39 is 29.9 Å². The van der Waals surface area contributed by atoms with E-state index in [0.717, 1.165) is 0 Å². The summed E-state index contributed by atoms with van der Waals surface area (Å²) in [5.41, 5.74) is -1.82. The monoisotopic (exact) mass is 261 g/mol. The molecular formula is C12H23NO5. The van der Waals surface area contributed by atoms with Crippen LogP contribution in [0.4, 0.5) is 0 Å². The van der Waals surface area contributed by atoms with Gasteiger partial charge in [0.2, 0.25) is 0 Å². The predicted molar refractivity (Wildman–Crippen MR) is 63.4 cm³/mol. The van der Waals surface area contributed by atoms with Crippen molar-refractivity contribution >= 4 is 11.9 Å². The third-order valence-electron chi connectivity index (χ3n) is 2.71. The molecule has 0 aromatic heterocycles. The average molecular weight is 261 g/mol. The van der Waals surface area contributed by atoms with Gasteiger partial charge < -0.3 is 24.6 Å². The van der Waals surface area contributed by atoms with Crippen LogP contribution >= 0.6 is 0 Å². The highest BCUT2D eigenvalue weighted by Gasteiger charge is 2.47. The Morgan fingerprint density at radius 2 is 1.72 bits per heavy atom. The molecule has 0 bridgehead atoms. The largest absolute Gasteiger partial charge is 0.550 e. The van der Waals surface area contributed by atoms with Crippen molar-refractivity contribution in [1.29, 1.82) is 0 Å². The Labute approximate surface area is 107 Å². The van der Waals surface area contributed by atoms with Crippen molar-refractivity contribution in [1.82, 2.24) is 0 Å². The molecule has 0 aliphatic carbocycles. The Bertz CT molecular complexity index is 321. The molecule has 18 heavy (non-hydrogen) atoms. The molecule has 6 nitrogen and oxygen atoms in total. The lowest BCUT2D eigenvalue weighted by molar-refractivity contribution is -0.877. The van der Waals surface area contributed by atoms with Crippen LogP contribution in [-0.2, 0) is 9.59 Å². The molecular weight excluding hydrogens is 238 g/mol. The first-order valence-electron chi connectivity index (χ1n) is 5.84. The number of carbonyl (C=O) groups is 2. The first kappa shape index (κ1) is 16.9. The van der Waals surface area contributed by atoms with Crippen LogP contribution in [0.5, 0.6) is 0 Å². The van der Waals surface area contributed by atoms with Gasteiger partial charge in [0.25, 0.3) is 0 Å². The molecule has 2 atom stereocenters. The second-order valence-corrected chi connectivity index (χ2v) is 6.16. The minimum Gasteiger partial charge on any atom is -0.550 e. The number of aliphatic carboxylic acids is 2. The zero-order valence-corrected chi connectivity index (χ0v) is 11.6. The number of hydrogen-bond donors (Lipinski definition) is 2. The Morgan fingerprint density at radius 1 is 1.28 bits per heavy atom. The number of hydrogen-bond acceptors (Lipinski definition) is 4. The van der Waals surface area contributed by atoms with Crippen LogP contribution in [0.25, 0.3) is 0 Å². The van der Waals surface area contributed by atoms with Crippen molar-refractivity contribution in [2.45, 2.75) is 25.9 Å². The van der Waals surface area contributed by atoms with E-state index in [1.165, 1.54) is 0 Å². The summed E-state index contributed by atoms with van der Waals surface area (Å²) in [4.78, 5) is 22.1. The van der Waals surface area contributed by atoms with Crippen molar-refractivity contribution in [2.75, 3.05) is 27.7 Å². The van der Waals surface area contributed by atoms with Gasteiger partial charge in [-0.05, 0) is 5.92 Å². The fourth-order valence-corrected chi connectivity index (χ4v) is 2.47. The van der Waals surface area contributed by atoms with E-state index in [1.54, 1.807) is 35.0 Å². The molecule has 0 saturated carbocycles. The van der Waals surface area contributed by atoms with Gasteiger partial charge >= 0.3 is 5.97 Å². The quantitative estimate of drug-likeness (QED) is 0.568. The molecule has 6 heteroatoms. The Morgan fingerprint density at radius 3 is 1.94 bits per heavy atom. The highest BCUT2D eigenvalue weighted by molar-refractivity contribution is 5.74. The van der Waals surface area contributed by atoms with E-state index in [2.05, 4.69) is 0 Å². The smallest absolute Gasteiger partial charge is 0.309 e. The lowest BCUT2D eigenvalue weighted by atomic mass is 9.77. The molecule has 0 saturated heterocycles. The minimum atomic E-state index is -1.82. The maximum absolute atomic E-state index is 11.3. The van der Waals surface area contributed by atoms with Gasteiger partial charge in [-0.15, -0.1) is 0 Å². The van der Waals surface area contributed by atoms with Crippen molar-refractivity contribution in [3.8, 4) is 0 Å². The van der Waals surface area contributed by atoms with Crippen LogP contribution in [0.1, 0.15) is 20.3 Å². The topological polar surface area (TPSA) is 97.7 Å². The van der Waals surface area contributed by atoms with Gasteiger partial charge in [0.1, 0.15) is 12.1 Å². The van der Waals surface area contributed by atoms with Gasteiger partial charge in [-0.2, -0.15) is 0 Å². The van der Waals surface area contributed by atoms with Crippen LogP contribution in [-0.4, -0.2) is 59.9 Å². The van der Waals surface area contributed by atoms with E-state index in [9.17, 15) is 24.9 Å². The molecule has 0 rings (SSSR count). The number of carboxylic acid groups (broad SMARTS) is 2. The number of nitrogens with zero attached hydrogens (tertiary/aromatic N) is 1. The highest BCUT2D eigenvalue weighted by Crippen LogP contribution is 2.30. The summed E-state index contributed by atoms with van der Waals surface area (Å²) in [7, 11) is 5.29. The Hall–Kier alpha value is -1.14. The first-order valence-corrected chi connectivity index (χ1v) is 5.84. The zero-order valence-electron chi connectivity index (χ0n) is 11.6. The fraction of sp³-hybridized carbons (Fsp3) is 0.833. The Balaban J connectivity index is 5.42. The van der Waals surface area contributed by atoms with Crippen molar-refractivity contribution in [3.05, 3.63) is 0 Å². The van der Waals surface area contributed by atoms with E-state index in [4.69, 9.17) is 0 Å². The molecule has 0 fully saturated rings. The number of rotatable bonds is 7. The third kappa shape index (κ3) is 5.01. The lowest BCUT2D eigenvalue weighted by Crippen LogP contribution is -2.58. The average Bonchev–Trinajstić information content (AvgIpc) is 1.93. The number of carbonyl (C=O) groups excluding carboxylic acids is 1. The maximum Gasteiger partial charge on any atom is 0.309 e. The maximum atomic E-state index is 11.3. The molecule has 0 aromatic carbocycles. The molecule has 0 heterocycles. The van der Waals surface area contributed by atoms with Gasteiger partial charge in [-0.25, -0.2) is 0 Å². The number of aliphatic hydroxyl groups is 1. The number of quaternary nitrogens is 1. The molecule has 0 radical (unpaired) electrons. The molecule has 0 amide bonds. The summed E-state index contributed by atoms with van der Waals surface area (Å²) in [5, 5.41) is 30.5. The van der Waals surface area contributed by atoms with E-state index in [1.807, 2.05) is 0 Å². The molecule has 2 N–H and O–H groups in total. The van der Waals surface area contributed by atoms with Crippen molar-refractivity contribution < 1.29 is 29.4 Å². The summed E-state index contributed by atoms with van der Waals surface area (Å²) in [6.45, 7) is 3.32. The summed E-state index contributed by atoms with van der Waals surface area (Å²) >= 11 is 0. The first-order chi connectivity index (χ1) is 7.89. The fourth-order valence-electron chi connectivity index (χ4n) is 2.47.